The average Bonchev–Trinajstić information content (AvgIpc) is 3.11. The molecule has 1 aliphatic carbocycles. The first-order valence-electron chi connectivity index (χ1n) is 6.97. The fraction of sp³-hybridized carbons (Fsp3) is 0.714. The lowest BCUT2D eigenvalue weighted by atomic mass is 10.0. The second-order valence-corrected chi connectivity index (χ2v) is 6.09. The molecule has 0 bridgehead atoms. The van der Waals surface area contributed by atoms with E-state index in [1.165, 1.54) is 25.7 Å². The maximum Gasteiger partial charge on any atom is 0.147 e. The van der Waals surface area contributed by atoms with Crippen LogP contribution in [0.2, 0.25) is 0 Å². The van der Waals surface area contributed by atoms with Gasteiger partial charge in [0.1, 0.15) is 5.82 Å². The molecule has 1 saturated carbocycles. The van der Waals surface area contributed by atoms with Crippen molar-refractivity contribution in [2.75, 3.05) is 11.4 Å². The molecule has 1 aliphatic heterocycles. The van der Waals surface area contributed by atoms with Gasteiger partial charge in [0.25, 0.3) is 0 Å². The van der Waals surface area contributed by atoms with Gasteiger partial charge in [-0.2, -0.15) is 0 Å². The van der Waals surface area contributed by atoms with Crippen molar-refractivity contribution >= 4 is 5.82 Å². The molecule has 4 heteroatoms. The van der Waals surface area contributed by atoms with Crippen molar-refractivity contribution in [2.45, 2.75) is 57.7 Å². The second-order valence-electron chi connectivity index (χ2n) is 6.09. The third kappa shape index (κ3) is 2.48. The van der Waals surface area contributed by atoms with E-state index in [1.54, 1.807) is 0 Å². The third-order valence-electron chi connectivity index (χ3n) is 4.02. The van der Waals surface area contributed by atoms with Crippen molar-refractivity contribution in [1.82, 2.24) is 15.3 Å². The van der Waals surface area contributed by atoms with Crippen LogP contribution < -0.4 is 10.2 Å². The highest BCUT2D eigenvalue weighted by molar-refractivity contribution is 5.41. The fourth-order valence-corrected chi connectivity index (χ4v) is 2.65. The quantitative estimate of drug-likeness (QED) is 0.883. The van der Waals surface area contributed by atoms with Crippen molar-refractivity contribution in [1.29, 1.82) is 0 Å². The highest BCUT2D eigenvalue weighted by Crippen LogP contribution is 2.31. The van der Waals surface area contributed by atoms with E-state index in [0.29, 0.717) is 0 Å². The average molecular weight is 246 g/mol. The highest BCUT2D eigenvalue weighted by atomic mass is 15.3. The first-order chi connectivity index (χ1) is 8.65. The normalized spacial score (nSPS) is 22.4. The van der Waals surface area contributed by atoms with Crippen molar-refractivity contribution in [3.8, 4) is 0 Å². The summed E-state index contributed by atoms with van der Waals surface area (Å²) in [5.74, 6) is 1.02. The molecule has 4 nitrogen and oxygen atoms in total. The van der Waals surface area contributed by atoms with E-state index in [-0.39, 0.29) is 5.54 Å². The zero-order valence-electron chi connectivity index (χ0n) is 11.3. The molecule has 1 aromatic heterocycles. The molecule has 3 rings (SSSR count). The second kappa shape index (κ2) is 4.50. The summed E-state index contributed by atoms with van der Waals surface area (Å²) < 4.78 is 0. The molecule has 2 fully saturated rings. The minimum atomic E-state index is 0.225. The van der Waals surface area contributed by atoms with Crippen molar-refractivity contribution in [2.24, 2.45) is 0 Å². The van der Waals surface area contributed by atoms with E-state index in [4.69, 9.17) is 0 Å². The molecule has 0 aromatic carbocycles. The Balaban J connectivity index is 1.66. The summed E-state index contributed by atoms with van der Waals surface area (Å²) in [7, 11) is 0. The zero-order chi connectivity index (χ0) is 12.6. The van der Waals surface area contributed by atoms with Gasteiger partial charge in [0.15, 0.2) is 0 Å². The molecule has 1 aromatic rings. The summed E-state index contributed by atoms with van der Waals surface area (Å²) in [6, 6.07) is 0.726. The van der Waals surface area contributed by atoms with Crippen LogP contribution in [-0.4, -0.2) is 28.1 Å². The molecule has 0 unspecified atom stereocenters. The van der Waals surface area contributed by atoms with Gasteiger partial charge in [0.05, 0.1) is 18.1 Å². The van der Waals surface area contributed by atoms with Gasteiger partial charge >= 0.3 is 0 Å². The number of aromatic nitrogens is 2. The van der Waals surface area contributed by atoms with Gasteiger partial charge < -0.3 is 10.2 Å². The number of hydrogen-bond donors (Lipinski definition) is 1. The molecule has 0 atom stereocenters. The van der Waals surface area contributed by atoms with Gasteiger partial charge in [-0.1, -0.05) is 0 Å². The monoisotopic (exact) mass is 246 g/mol. The summed E-state index contributed by atoms with van der Waals surface area (Å²) in [6.45, 7) is 6.51. The Hall–Kier alpha value is -1.16. The van der Waals surface area contributed by atoms with Crippen LogP contribution in [0.5, 0.6) is 0 Å². The summed E-state index contributed by atoms with van der Waals surface area (Å²) >= 11 is 0. The van der Waals surface area contributed by atoms with Crippen LogP contribution in [0.1, 0.15) is 45.2 Å². The van der Waals surface area contributed by atoms with Crippen LogP contribution in [0.25, 0.3) is 0 Å². The van der Waals surface area contributed by atoms with Crippen LogP contribution in [-0.2, 0) is 6.54 Å². The van der Waals surface area contributed by atoms with E-state index in [9.17, 15) is 0 Å². The van der Waals surface area contributed by atoms with Crippen LogP contribution in [0.15, 0.2) is 12.4 Å². The van der Waals surface area contributed by atoms with E-state index in [1.807, 2.05) is 12.4 Å². The van der Waals surface area contributed by atoms with E-state index in [0.717, 1.165) is 30.6 Å². The minimum Gasteiger partial charge on any atom is -0.350 e. The molecule has 1 N–H and O–H groups in total. The number of hydrogen-bond acceptors (Lipinski definition) is 4. The Morgan fingerprint density at radius 1 is 1.33 bits per heavy atom. The maximum absolute atomic E-state index is 4.58. The Morgan fingerprint density at radius 3 is 2.72 bits per heavy atom. The van der Waals surface area contributed by atoms with Crippen LogP contribution in [0, 0.1) is 0 Å². The number of anilines is 1. The number of rotatable bonds is 4. The number of nitrogens with zero attached hydrogens (tertiary/aromatic N) is 3. The van der Waals surface area contributed by atoms with Gasteiger partial charge in [-0.25, -0.2) is 4.98 Å². The molecule has 0 spiro atoms. The lowest BCUT2D eigenvalue weighted by Gasteiger charge is -2.32. The van der Waals surface area contributed by atoms with Crippen LogP contribution >= 0.6 is 0 Å². The first kappa shape index (κ1) is 11.9. The number of nitrogens with one attached hydrogen (secondary N) is 1. The summed E-state index contributed by atoms with van der Waals surface area (Å²) in [5.41, 5.74) is 1.27. The van der Waals surface area contributed by atoms with Crippen LogP contribution in [0.4, 0.5) is 5.82 Å². The van der Waals surface area contributed by atoms with E-state index < -0.39 is 0 Å². The van der Waals surface area contributed by atoms with E-state index in [2.05, 4.69) is 34.0 Å². The standard InChI is InChI=1S/C14H22N4/c1-14(2)6-3-7-18(14)13-10-16-12(9-17-13)8-15-11-4-5-11/h9-11,15H,3-8H2,1-2H3. The summed E-state index contributed by atoms with van der Waals surface area (Å²) in [4.78, 5) is 11.5. The van der Waals surface area contributed by atoms with Gasteiger partial charge in [-0.3, -0.25) is 4.98 Å². The lowest BCUT2D eigenvalue weighted by molar-refractivity contribution is 0.513. The molecule has 0 radical (unpaired) electrons. The topological polar surface area (TPSA) is 41.1 Å². The molecule has 2 heterocycles. The molecule has 1 saturated heterocycles. The molecule has 18 heavy (non-hydrogen) atoms. The predicted octanol–water partition coefficient (Wildman–Crippen LogP) is 2.11. The molecule has 0 amide bonds. The van der Waals surface area contributed by atoms with Crippen molar-refractivity contribution < 1.29 is 0 Å². The van der Waals surface area contributed by atoms with Crippen molar-refractivity contribution in [3.05, 3.63) is 18.1 Å². The first-order valence-corrected chi connectivity index (χ1v) is 6.97. The molecule has 2 aliphatic rings. The Bertz CT molecular complexity index is 408. The molecule has 98 valence electrons. The van der Waals surface area contributed by atoms with Crippen LogP contribution in [0.3, 0.4) is 0 Å². The predicted molar refractivity (Wildman–Crippen MR) is 72.6 cm³/mol. The largest absolute Gasteiger partial charge is 0.350 e. The Morgan fingerprint density at radius 2 is 2.17 bits per heavy atom. The molecular weight excluding hydrogens is 224 g/mol. The summed E-state index contributed by atoms with van der Waals surface area (Å²) in [5, 5.41) is 3.46. The zero-order valence-corrected chi connectivity index (χ0v) is 11.3. The highest BCUT2D eigenvalue weighted by Gasteiger charge is 2.32. The minimum absolute atomic E-state index is 0.225. The third-order valence-corrected chi connectivity index (χ3v) is 4.02. The van der Waals surface area contributed by atoms with Gasteiger partial charge in [-0.05, 0) is 39.5 Å². The summed E-state index contributed by atoms with van der Waals surface area (Å²) in [6.07, 6.45) is 8.95. The molecular formula is C14H22N4. The van der Waals surface area contributed by atoms with Gasteiger partial charge in [0.2, 0.25) is 0 Å². The smallest absolute Gasteiger partial charge is 0.147 e. The SMILES string of the molecule is CC1(C)CCCN1c1cnc(CNC2CC2)cn1. The maximum atomic E-state index is 4.58. The van der Waals surface area contributed by atoms with Gasteiger partial charge in [0, 0.05) is 24.7 Å². The van der Waals surface area contributed by atoms with E-state index >= 15 is 0 Å². The fourth-order valence-electron chi connectivity index (χ4n) is 2.65. The van der Waals surface area contributed by atoms with Gasteiger partial charge in [-0.15, -0.1) is 0 Å². The Labute approximate surface area is 109 Å². The Kier molecular flexibility index (Phi) is 2.98. The van der Waals surface area contributed by atoms with Crippen molar-refractivity contribution in [3.63, 3.8) is 0 Å². The lowest BCUT2D eigenvalue weighted by Crippen LogP contribution is -2.38.